The normalized spacial score (nSPS) is 12.4. The lowest BCUT2D eigenvalue weighted by Gasteiger charge is -2.23. The van der Waals surface area contributed by atoms with Gasteiger partial charge in [0.15, 0.2) is 0 Å². The summed E-state index contributed by atoms with van der Waals surface area (Å²) in [4.78, 5) is 2.19. The molecule has 4 nitrogen and oxygen atoms in total. The molecule has 20 heavy (non-hydrogen) atoms. The molecule has 0 spiro atoms. The van der Waals surface area contributed by atoms with Gasteiger partial charge in [0, 0.05) is 44.0 Å². The second-order valence-corrected chi connectivity index (χ2v) is 5.92. The molecule has 0 aromatic heterocycles. The maximum atomic E-state index is 9.41. The topological polar surface area (TPSA) is 44.7 Å². The molecule has 0 heterocycles. The van der Waals surface area contributed by atoms with Gasteiger partial charge >= 0.3 is 0 Å². The Morgan fingerprint density at radius 1 is 1.45 bits per heavy atom. The van der Waals surface area contributed by atoms with Crippen LogP contribution in [0.5, 0.6) is 0 Å². The zero-order valence-electron chi connectivity index (χ0n) is 12.5. The van der Waals surface area contributed by atoms with E-state index in [1.807, 2.05) is 6.92 Å². The maximum absolute atomic E-state index is 9.41. The highest BCUT2D eigenvalue weighted by Crippen LogP contribution is 2.24. The van der Waals surface area contributed by atoms with Crippen molar-refractivity contribution in [2.24, 2.45) is 0 Å². The quantitative estimate of drug-likeness (QED) is 0.675. The highest BCUT2D eigenvalue weighted by molar-refractivity contribution is 9.10. The fourth-order valence-corrected chi connectivity index (χ4v) is 2.29. The number of nitrogens with one attached hydrogen (secondary N) is 1. The third kappa shape index (κ3) is 6.22. The highest BCUT2D eigenvalue weighted by Gasteiger charge is 2.09. The van der Waals surface area contributed by atoms with Gasteiger partial charge in [0.05, 0.1) is 12.7 Å². The van der Waals surface area contributed by atoms with Gasteiger partial charge in [-0.3, -0.25) is 0 Å². The summed E-state index contributed by atoms with van der Waals surface area (Å²) >= 11 is 3.52. The van der Waals surface area contributed by atoms with Crippen LogP contribution in [0.2, 0.25) is 0 Å². The zero-order chi connectivity index (χ0) is 15.0. The third-order valence-electron chi connectivity index (χ3n) is 3.14. The first-order valence-corrected chi connectivity index (χ1v) is 7.71. The average Bonchev–Trinajstić information content (AvgIpc) is 2.42. The molecule has 1 unspecified atom stereocenters. The van der Waals surface area contributed by atoms with E-state index in [-0.39, 0.29) is 6.10 Å². The number of ether oxygens (including phenoxy) is 1. The van der Waals surface area contributed by atoms with Crippen LogP contribution in [0.4, 0.5) is 5.69 Å². The van der Waals surface area contributed by atoms with Gasteiger partial charge in [0.2, 0.25) is 0 Å². The minimum absolute atomic E-state index is 0.270. The number of aliphatic hydroxyl groups is 1. The first kappa shape index (κ1) is 17.4. The fraction of sp³-hybridized carbons (Fsp3) is 0.600. The molecule has 0 aliphatic carbocycles. The van der Waals surface area contributed by atoms with Gasteiger partial charge in [-0.05, 0) is 31.0 Å². The van der Waals surface area contributed by atoms with Gasteiger partial charge in [0.1, 0.15) is 0 Å². The van der Waals surface area contributed by atoms with E-state index >= 15 is 0 Å². The molecule has 0 aliphatic heterocycles. The van der Waals surface area contributed by atoms with E-state index in [0.29, 0.717) is 6.61 Å². The van der Waals surface area contributed by atoms with Crippen molar-refractivity contribution in [1.29, 1.82) is 0 Å². The van der Waals surface area contributed by atoms with Gasteiger partial charge in [-0.1, -0.05) is 22.0 Å². The molecule has 0 fully saturated rings. The van der Waals surface area contributed by atoms with Crippen molar-refractivity contribution in [1.82, 2.24) is 5.32 Å². The summed E-state index contributed by atoms with van der Waals surface area (Å²) in [6, 6.07) is 6.30. The number of rotatable bonds is 9. The third-order valence-corrected chi connectivity index (χ3v) is 3.63. The van der Waals surface area contributed by atoms with E-state index in [1.165, 1.54) is 11.3 Å². The van der Waals surface area contributed by atoms with Crippen LogP contribution in [0, 0.1) is 0 Å². The Labute approximate surface area is 130 Å². The SMILES string of the molecule is COCCNCc1ccc(Br)cc1N(C)CCC(C)O. The molecule has 0 bridgehead atoms. The smallest absolute Gasteiger partial charge is 0.0587 e. The Morgan fingerprint density at radius 3 is 2.85 bits per heavy atom. The predicted octanol–water partition coefficient (Wildman–Crippen LogP) is 2.39. The van der Waals surface area contributed by atoms with Gasteiger partial charge in [0.25, 0.3) is 0 Å². The summed E-state index contributed by atoms with van der Waals surface area (Å²) in [6.45, 7) is 5.01. The minimum atomic E-state index is -0.270. The average molecular weight is 345 g/mol. The number of hydrogen-bond donors (Lipinski definition) is 2. The largest absolute Gasteiger partial charge is 0.393 e. The molecule has 1 aromatic carbocycles. The van der Waals surface area contributed by atoms with Crippen molar-refractivity contribution >= 4 is 21.6 Å². The van der Waals surface area contributed by atoms with Crippen LogP contribution in [0.1, 0.15) is 18.9 Å². The number of nitrogens with zero attached hydrogens (tertiary/aromatic N) is 1. The number of benzene rings is 1. The molecule has 5 heteroatoms. The number of hydrogen-bond acceptors (Lipinski definition) is 4. The zero-order valence-corrected chi connectivity index (χ0v) is 14.1. The van der Waals surface area contributed by atoms with Crippen LogP contribution in [0.3, 0.4) is 0 Å². The molecule has 0 aliphatic rings. The molecule has 0 saturated heterocycles. The first-order chi connectivity index (χ1) is 9.54. The van der Waals surface area contributed by atoms with Crippen LogP contribution in [0.15, 0.2) is 22.7 Å². The monoisotopic (exact) mass is 344 g/mol. The summed E-state index contributed by atoms with van der Waals surface area (Å²) in [6.07, 6.45) is 0.493. The molecule has 0 radical (unpaired) electrons. The Kier molecular flexibility index (Phi) is 8.14. The van der Waals surface area contributed by atoms with E-state index in [0.717, 1.165) is 30.5 Å². The summed E-state index contributed by atoms with van der Waals surface area (Å²) < 4.78 is 6.10. The second kappa shape index (κ2) is 9.34. The van der Waals surface area contributed by atoms with Crippen molar-refractivity contribution < 1.29 is 9.84 Å². The van der Waals surface area contributed by atoms with Crippen LogP contribution >= 0.6 is 15.9 Å². The standard InChI is InChI=1S/C15H25BrN2O2/c1-12(19)6-8-18(2)15-10-14(16)5-4-13(15)11-17-7-9-20-3/h4-5,10,12,17,19H,6-9,11H2,1-3H3. The molecule has 1 atom stereocenters. The van der Waals surface area contributed by atoms with Crippen molar-refractivity contribution in [3.63, 3.8) is 0 Å². The number of methoxy groups -OCH3 is 1. The summed E-state index contributed by atoms with van der Waals surface area (Å²) in [5.74, 6) is 0. The van der Waals surface area contributed by atoms with Crippen LogP contribution in [0.25, 0.3) is 0 Å². The van der Waals surface area contributed by atoms with Gasteiger partial charge in [-0.15, -0.1) is 0 Å². The predicted molar refractivity (Wildman–Crippen MR) is 87.3 cm³/mol. The van der Waals surface area contributed by atoms with Crippen molar-refractivity contribution in [3.8, 4) is 0 Å². The Morgan fingerprint density at radius 2 is 2.20 bits per heavy atom. The van der Waals surface area contributed by atoms with E-state index in [4.69, 9.17) is 4.74 Å². The van der Waals surface area contributed by atoms with E-state index in [1.54, 1.807) is 7.11 Å². The summed E-state index contributed by atoms with van der Waals surface area (Å²) in [5, 5.41) is 12.8. The van der Waals surface area contributed by atoms with Crippen molar-refractivity contribution in [2.75, 3.05) is 38.8 Å². The Hall–Kier alpha value is -0.620. The summed E-state index contributed by atoms with van der Waals surface area (Å²) in [5.41, 5.74) is 2.43. The Bertz CT molecular complexity index is 399. The highest BCUT2D eigenvalue weighted by atomic mass is 79.9. The van der Waals surface area contributed by atoms with Crippen LogP contribution < -0.4 is 10.2 Å². The van der Waals surface area contributed by atoms with Crippen LogP contribution in [-0.4, -0.2) is 45.1 Å². The number of halogens is 1. The minimum Gasteiger partial charge on any atom is -0.393 e. The molecule has 114 valence electrons. The second-order valence-electron chi connectivity index (χ2n) is 5.00. The summed E-state index contributed by atoms with van der Waals surface area (Å²) in [7, 11) is 3.76. The number of anilines is 1. The van der Waals surface area contributed by atoms with Crippen molar-refractivity contribution in [3.05, 3.63) is 28.2 Å². The lowest BCUT2D eigenvalue weighted by atomic mass is 10.1. The molecular weight excluding hydrogens is 320 g/mol. The molecule has 2 N–H and O–H groups in total. The fourth-order valence-electron chi connectivity index (χ4n) is 1.94. The van der Waals surface area contributed by atoms with Gasteiger partial charge < -0.3 is 20.1 Å². The molecule has 0 saturated carbocycles. The van der Waals surface area contributed by atoms with E-state index in [2.05, 4.69) is 51.4 Å². The first-order valence-electron chi connectivity index (χ1n) is 6.92. The molecular formula is C15H25BrN2O2. The van der Waals surface area contributed by atoms with Gasteiger partial charge in [-0.25, -0.2) is 0 Å². The van der Waals surface area contributed by atoms with E-state index < -0.39 is 0 Å². The molecule has 1 rings (SSSR count). The van der Waals surface area contributed by atoms with Crippen molar-refractivity contribution in [2.45, 2.75) is 26.0 Å². The molecule has 0 amide bonds. The lowest BCUT2D eigenvalue weighted by molar-refractivity contribution is 0.187. The lowest BCUT2D eigenvalue weighted by Crippen LogP contribution is -2.25. The Balaban J connectivity index is 2.68. The maximum Gasteiger partial charge on any atom is 0.0587 e. The number of aliphatic hydroxyl groups excluding tert-OH is 1. The van der Waals surface area contributed by atoms with Crippen LogP contribution in [-0.2, 0) is 11.3 Å². The molecule has 1 aromatic rings. The van der Waals surface area contributed by atoms with Gasteiger partial charge in [-0.2, -0.15) is 0 Å². The van der Waals surface area contributed by atoms with E-state index in [9.17, 15) is 5.11 Å².